The first-order chi connectivity index (χ1) is 11.0. The third-order valence-corrected chi connectivity index (χ3v) is 8.12. The Labute approximate surface area is 144 Å². The van der Waals surface area contributed by atoms with Crippen LogP contribution in [0.3, 0.4) is 0 Å². The molecule has 0 aromatic heterocycles. The van der Waals surface area contributed by atoms with Crippen molar-refractivity contribution in [3.8, 4) is 0 Å². The fourth-order valence-electron chi connectivity index (χ4n) is 5.83. The van der Waals surface area contributed by atoms with Crippen molar-refractivity contribution in [1.82, 2.24) is 0 Å². The van der Waals surface area contributed by atoms with E-state index in [-0.39, 0.29) is 0 Å². The summed E-state index contributed by atoms with van der Waals surface area (Å²) in [6.45, 7) is 7.55. The molecule has 0 amide bonds. The Hall–Kier alpha value is -0.0400. The lowest BCUT2D eigenvalue weighted by Crippen LogP contribution is -2.39. The number of hydrogen-bond donors (Lipinski definition) is 0. The number of ether oxygens (including phenoxy) is 1. The first-order valence-corrected chi connectivity index (χ1v) is 10.7. The van der Waals surface area contributed by atoms with E-state index < -0.39 is 0 Å². The van der Waals surface area contributed by atoms with E-state index in [1.807, 2.05) is 0 Å². The topological polar surface area (TPSA) is 9.23 Å². The molecule has 134 valence electrons. The molecular weight excluding hydrogens is 280 g/mol. The van der Waals surface area contributed by atoms with Crippen LogP contribution in [0.2, 0.25) is 0 Å². The van der Waals surface area contributed by atoms with Gasteiger partial charge >= 0.3 is 0 Å². The summed E-state index contributed by atoms with van der Waals surface area (Å²) in [7, 11) is 0. The van der Waals surface area contributed by atoms with E-state index in [4.69, 9.17) is 4.74 Å². The predicted octanol–water partition coefficient (Wildman–Crippen LogP) is 6.89. The van der Waals surface area contributed by atoms with Crippen LogP contribution in [0.25, 0.3) is 0 Å². The zero-order valence-corrected chi connectivity index (χ0v) is 16.0. The molecule has 0 aromatic rings. The molecule has 0 heterocycles. The Morgan fingerprint density at radius 1 is 0.696 bits per heavy atom. The largest absolute Gasteiger partial charge is 0.374 e. The minimum atomic E-state index is 0.432. The van der Waals surface area contributed by atoms with Gasteiger partial charge in [0, 0.05) is 0 Å². The van der Waals surface area contributed by atoms with Crippen molar-refractivity contribution in [3.63, 3.8) is 0 Å². The second kappa shape index (κ2) is 7.46. The zero-order valence-electron chi connectivity index (χ0n) is 16.0. The van der Waals surface area contributed by atoms with Crippen molar-refractivity contribution >= 4 is 0 Å². The molecule has 3 rings (SSSR count). The number of fused-ring (bicyclic) bond motifs is 2. The lowest BCUT2D eigenvalue weighted by atomic mass is 9.70. The normalized spacial score (nSPS) is 39.8. The average molecular weight is 321 g/mol. The van der Waals surface area contributed by atoms with Crippen LogP contribution in [0.5, 0.6) is 0 Å². The van der Waals surface area contributed by atoms with Crippen LogP contribution in [0, 0.1) is 16.7 Å². The summed E-state index contributed by atoms with van der Waals surface area (Å²) < 4.78 is 6.83. The molecule has 3 atom stereocenters. The molecule has 1 nitrogen and oxygen atoms in total. The highest BCUT2D eigenvalue weighted by Crippen LogP contribution is 2.66. The molecule has 0 aromatic carbocycles. The monoisotopic (exact) mass is 320 g/mol. The maximum atomic E-state index is 6.83. The Balaban J connectivity index is 1.56. The fourth-order valence-corrected chi connectivity index (χ4v) is 5.83. The average Bonchev–Trinajstić information content (AvgIpc) is 2.83. The Kier molecular flexibility index (Phi) is 5.76. The second-order valence-corrected chi connectivity index (χ2v) is 9.62. The molecule has 0 saturated heterocycles. The van der Waals surface area contributed by atoms with Gasteiger partial charge in [0.15, 0.2) is 0 Å². The smallest absolute Gasteiger partial charge is 0.0640 e. The van der Waals surface area contributed by atoms with E-state index in [0.717, 1.165) is 5.92 Å². The summed E-state index contributed by atoms with van der Waals surface area (Å²) in [6, 6.07) is 0. The molecule has 0 radical (unpaired) electrons. The van der Waals surface area contributed by atoms with Crippen LogP contribution in [0.1, 0.15) is 111 Å². The molecule has 3 aliphatic rings. The summed E-state index contributed by atoms with van der Waals surface area (Å²) in [5.41, 5.74) is 0.921. The maximum Gasteiger partial charge on any atom is 0.0640 e. The van der Waals surface area contributed by atoms with Gasteiger partial charge in [0.1, 0.15) is 0 Å². The minimum Gasteiger partial charge on any atom is -0.374 e. The molecule has 3 fully saturated rings. The van der Waals surface area contributed by atoms with Crippen LogP contribution in [-0.4, -0.2) is 12.2 Å². The van der Waals surface area contributed by atoms with E-state index in [2.05, 4.69) is 20.8 Å². The van der Waals surface area contributed by atoms with Gasteiger partial charge in [-0.15, -0.1) is 0 Å². The molecule has 3 unspecified atom stereocenters. The minimum absolute atomic E-state index is 0.432. The van der Waals surface area contributed by atoms with Gasteiger partial charge in [-0.05, 0) is 48.9 Å². The quantitative estimate of drug-likeness (QED) is 0.538. The Morgan fingerprint density at radius 3 is 1.65 bits per heavy atom. The van der Waals surface area contributed by atoms with E-state index in [1.165, 1.54) is 89.9 Å². The van der Waals surface area contributed by atoms with Gasteiger partial charge < -0.3 is 4.74 Å². The van der Waals surface area contributed by atoms with Gasteiger partial charge in [-0.1, -0.05) is 78.6 Å². The summed E-state index contributed by atoms with van der Waals surface area (Å²) in [5.74, 6) is 0.906. The van der Waals surface area contributed by atoms with Gasteiger partial charge in [-0.3, -0.25) is 0 Å². The number of hydrogen-bond acceptors (Lipinski definition) is 1. The van der Waals surface area contributed by atoms with E-state index in [1.54, 1.807) is 0 Å². The third kappa shape index (κ3) is 3.65. The first-order valence-electron chi connectivity index (χ1n) is 10.7. The van der Waals surface area contributed by atoms with Crippen molar-refractivity contribution < 1.29 is 4.74 Å². The van der Waals surface area contributed by atoms with Gasteiger partial charge in [-0.2, -0.15) is 0 Å². The fraction of sp³-hybridized carbons (Fsp3) is 1.00. The SMILES string of the molecule is CC1(C)C2CCC1(C)C(OC1CCCCCCCCCCC1)C2. The van der Waals surface area contributed by atoms with Crippen LogP contribution in [-0.2, 0) is 4.74 Å². The van der Waals surface area contributed by atoms with Gasteiger partial charge in [-0.25, -0.2) is 0 Å². The van der Waals surface area contributed by atoms with Crippen molar-refractivity contribution in [1.29, 1.82) is 0 Å². The van der Waals surface area contributed by atoms with Crippen LogP contribution < -0.4 is 0 Å². The van der Waals surface area contributed by atoms with Gasteiger partial charge in [0.05, 0.1) is 12.2 Å². The maximum absolute atomic E-state index is 6.83. The van der Waals surface area contributed by atoms with Crippen molar-refractivity contribution in [3.05, 3.63) is 0 Å². The van der Waals surface area contributed by atoms with Gasteiger partial charge in [0.25, 0.3) is 0 Å². The number of rotatable bonds is 2. The molecule has 1 heteroatoms. The van der Waals surface area contributed by atoms with E-state index in [0.29, 0.717) is 23.0 Å². The molecule has 3 saturated carbocycles. The lowest BCUT2D eigenvalue weighted by molar-refractivity contribution is -0.0921. The van der Waals surface area contributed by atoms with E-state index in [9.17, 15) is 0 Å². The Bertz CT molecular complexity index is 362. The highest BCUT2D eigenvalue weighted by atomic mass is 16.5. The Morgan fingerprint density at radius 2 is 1.22 bits per heavy atom. The van der Waals surface area contributed by atoms with Crippen molar-refractivity contribution in [2.24, 2.45) is 16.7 Å². The van der Waals surface area contributed by atoms with Crippen molar-refractivity contribution in [2.45, 2.75) is 123 Å². The first kappa shape index (κ1) is 17.8. The molecule has 0 N–H and O–H groups in total. The second-order valence-electron chi connectivity index (χ2n) is 9.62. The highest BCUT2D eigenvalue weighted by molar-refractivity contribution is 5.11. The van der Waals surface area contributed by atoms with Crippen LogP contribution in [0.4, 0.5) is 0 Å². The molecule has 0 spiro atoms. The molecular formula is C22H40O. The lowest BCUT2D eigenvalue weighted by Gasteiger charge is -2.40. The van der Waals surface area contributed by atoms with Crippen LogP contribution in [0.15, 0.2) is 0 Å². The molecule has 2 bridgehead atoms. The highest BCUT2D eigenvalue weighted by Gasteiger charge is 2.62. The summed E-state index contributed by atoms with van der Waals surface area (Å²) in [4.78, 5) is 0. The standard InChI is InChI=1S/C22H40O/c1-21(2)18-15-16-22(21,3)20(17-18)23-19-13-11-9-7-5-4-6-8-10-12-14-19/h18-20H,4-17H2,1-3H3. The summed E-state index contributed by atoms with van der Waals surface area (Å²) in [5, 5.41) is 0. The zero-order chi connectivity index (χ0) is 16.3. The summed E-state index contributed by atoms with van der Waals surface area (Å²) in [6.07, 6.45) is 20.8. The van der Waals surface area contributed by atoms with Crippen molar-refractivity contribution in [2.75, 3.05) is 0 Å². The van der Waals surface area contributed by atoms with Crippen LogP contribution >= 0.6 is 0 Å². The molecule has 3 aliphatic carbocycles. The van der Waals surface area contributed by atoms with Gasteiger partial charge in [0.2, 0.25) is 0 Å². The molecule has 23 heavy (non-hydrogen) atoms. The third-order valence-electron chi connectivity index (χ3n) is 8.12. The molecule has 0 aliphatic heterocycles. The predicted molar refractivity (Wildman–Crippen MR) is 98.7 cm³/mol. The van der Waals surface area contributed by atoms with E-state index >= 15 is 0 Å². The summed E-state index contributed by atoms with van der Waals surface area (Å²) >= 11 is 0.